The van der Waals surface area contributed by atoms with Gasteiger partial charge in [-0.15, -0.1) is 10.2 Å². The predicted octanol–water partition coefficient (Wildman–Crippen LogP) is 5.98. The molecule has 7 heteroatoms. The van der Waals surface area contributed by atoms with E-state index in [9.17, 15) is 4.79 Å². The van der Waals surface area contributed by atoms with Crippen LogP contribution < -0.4 is 0 Å². The van der Waals surface area contributed by atoms with Crippen molar-refractivity contribution in [2.45, 2.75) is 26.2 Å². The molecule has 35 heavy (non-hydrogen) atoms. The van der Waals surface area contributed by atoms with E-state index in [0.717, 1.165) is 39.1 Å². The van der Waals surface area contributed by atoms with E-state index in [1.54, 1.807) is 0 Å². The van der Waals surface area contributed by atoms with E-state index in [2.05, 4.69) is 15.4 Å². The number of nitrogens with zero attached hydrogens (tertiary/aromatic N) is 3. The molecule has 5 aromatic rings. The van der Waals surface area contributed by atoms with E-state index in [0.29, 0.717) is 30.4 Å². The van der Waals surface area contributed by atoms with E-state index in [1.165, 1.54) is 0 Å². The highest BCUT2D eigenvalue weighted by atomic mass is 16.5. The number of hydrogen-bond acceptors (Lipinski definition) is 6. The summed E-state index contributed by atoms with van der Waals surface area (Å²) in [7, 11) is 0. The molecular formula is C28H23N3O4. The van der Waals surface area contributed by atoms with Crippen molar-refractivity contribution in [3.8, 4) is 33.9 Å². The number of rotatable bonds is 8. The van der Waals surface area contributed by atoms with Gasteiger partial charge in [0, 0.05) is 23.1 Å². The Bertz CT molecular complexity index is 1440. The van der Waals surface area contributed by atoms with Crippen LogP contribution in [-0.4, -0.2) is 26.4 Å². The first-order chi connectivity index (χ1) is 17.1. The molecule has 0 radical (unpaired) electrons. The number of carbonyl (C=O) groups is 1. The fourth-order valence-electron chi connectivity index (χ4n) is 3.93. The van der Waals surface area contributed by atoms with Crippen molar-refractivity contribution in [2.75, 3.05) is 0 Å². The van der Waals surface area contributed by atoms with Crippen molar-refractivity contribution in [2.24, 2.45) is 0 Å². The summed E-state index contributed by atoms with van der Waals surface area (Å²) in [5.41, 5.74) is 6.59. The maximum atomic E-state index is 10.8. The lowest BCUT2D eigenvalue weighted by Crippen LogP contribution is -1.97. The van der Waals surface area contributed by atoms with Crippen molar-refractivity contribution in [3.05, 3.63) is 102 Å². The minimum absolute atomic E-state index is 0.129. The van der Waals surface area contributed by atoms with Gasteiger partial charge in [0.2, 0.25) is 11.8 Å². The van der Waals surface area contributed by atoms with Crippen molar-refractivity contribution in [3.63, 3.8) is 0 Å². The second kappa shape index (κ2) is 9.77. The highest BCUT2D eigenvalue weighted by Gasteiger charge is 2.19. The van der Waals surface area contributed by atoms with Crippen molar-refractivity contribution >= 4 is 5.97 Å². The van der Waals surface area contributed by atoms with Gasteiger partial charge in [-0.1, -0.05) is 71.9 Å². The van der Waals surface area contributed by atoms with Crippen LogP contribution in [0.1, 0.15) is 29.1 Å². The van der Waals surface area contributed by atoms with Gasteiger partial charge in [-0.3, -0.25) is 4.79 Å². The molecule has 5 rings (SSSR count). The lowest BCUT2D eigenvalue weighted by atomic mass is 9.99. The summed E-state index contributed by atoms with van der Waals surface area (Å²) in [5.74, 6) is 0.866. The first-order valence-corrected chi connectivity index (χ1v) is 11.3. The Morgan fingerprint density at radius 2 is 1.49 bits per heavy atom. The van der Waals surface area contributed by atoms with E-state index < -0.39 is 5.97 Å². The molecule has 0 aliphatic heterocycles. The number of aromatic nitrogens is 3. The Morgan fingerprint density at radius 3 is 2.17 bits per heavy atom. The van der Waals surface area contributed by atoms with Gasteiger partial charge in [-0.25, -0.2) is 0 Å². The van der Waals surface area contributed by atoms with E-state index in [-0.39, 0.29) is 6.42 Å². The van der Waals surface area contributed by atoms with Gasteiger partial charge >= 0.3 is 5.97 Å². The van der Waals surface area contributed by atoms with Gasteiger partial charge in [0.15, 0.2) is 5.76 Å². The molecule has 0 amide bonds. The highest BCUT2D eigenvalue weighted by molar-refractivity contribution is 5.70. The minimum Gasteiger partial charge on any atom is -0.481 e. The van der Waals surface area contributed by atoms with E-state index in [4.69, 9.17) is 14.0 Å². The average Bonchev–Trinajstić information content (AvgIpc) is 3.51. The molecule has 0 aliphatic carbocycles. The van der Waals surface area contributed by atoms with Crippen LogP contribution in [-0.2, 0) is 17.6 Å². The maximum Gasteiger partial charge on any atom is 0.303 e. The maximum absolute atomic E-state index is 10.8. The Labute approximate surface area is 202 Å². The number of hydrogen-bond donors (Lipinski definition) is 1. The highest BCUT2D eigenvalue weighted by Crippen LogP contribution is 2.31. The first-order valence-electron chi connectivity index (χ1n) is 11.3. The predicted molar refractivity (Wildman–Crippen MR) is 131 cm³/mol. The second-order valence-electron chi connectivity index (χ2n) is 8.29. The molecular weight excluding hydrogens is 442 g/mol. The molecule has 0 saturated carbocycles. The Hall–Kier alpha value is -4.52. The number of aliphatic carboxylic acids is 1. The van der Waals surface area contributed by atoms with Crippen LogP contribution in [0.5, 0.6) is 0 Å². The number of benzene rings is 3. The van der Waals surface area contributed by atoms with Crippen LogP contribution >= 0.6 is 0 Å². The zero-order valence-corrected chi connectivity index (χ0v) is 19.1. The van der Waals surface area contributed by atoms with Crippen LogP contribution in [0.3, 0.4) is 0 Å². The standard InChI is InChI=1S/C28H23N3O4/c1-18-24(17-25-29-30-28(34-25)23-5-3-2-4-6-23)27(35-31-18)22-14-12-21(13-15-22)20-10-7-19(8-11-20)9-16-26(32)33/h2-8,10-15H,9,16-17H2,1H3,(H,32,33). The third kappa shape index (κ3) is 5.04. The van der Waals surface area contributed by atoms with Gasteiger partial charge in [-0.2, -0.15) is 0 Å². The molecule has 0 atom stereocenters. The summed E-state index contributed by atoms with van der Waals surface area (Å²) in [5, 5.41) is 21.4. The number of carboxylic acids is 1. The third-order valence-corrected chi connectivity index (χ3v) is 5.86. The largest absolute Gasteiger partial charge is 0.481 e. The van der Waals surface area contributed by atoms with Crippen molar-refractivity contribution < 1.29 is 18.8 Å². The summed E-state index contributed by atoms with van der Waals surface area (Å²) >= 11 is 0. The zero-order valence-electron chi connectivity index (χ0n) is 19.1. The summed E-state index contributed by atoms with van der Waals surface area (Å²) < 4.78 is 11.5. The molecule has 0 unspecified atom stereocenters. The van der Waals surface area contributed by atoms with Crippen molar-refractivity contribution in [1.82, 2.24) is 15.4 Å². The van der Waals surface area contributed by atoms with Crippen LogP contribution in [0.2, 0.25) is 0 Å². The number of aryl methyl sites for hydroxylation is 2. The Morgan fingerprint density at radius 1 is 0.829 bits per heavy atom. The lowest BCUT2D eigenvalue weighted by Gasteiger charge is -2.06. The van der Waals surface area contributed by atoms with E-state index in [1.807, 2.05) is 85.8 Å². The zero-order chi connectivity index (χ0) is 24.2. The number of carboxylic acid groups (broad SMARTS) is 1. The van der Waals surface area contributed by atoms with Crippen LogP contribution in [0.15, 0.2) is 87.8 Å². The summed E-state index contributed by atoms with van der Waals surface area (Å²) in [6.07, 6.45) is 1.07. The summed E-state index contributed by atoms with van der Waals surface area (Å²) in [4.78, 5) is 10.8. The quantitative estimate of drug-likeness (QED) is 0.301. The molecule has 3 aromatic carbocycles. The third-order valence-electron chi connectivity index (χ3n) is 5.86. The molecule has 0 fully saturated rings. The van der Waals surface area contributed by atoms with Gasteiger partial charge in [-0.05, 0) is 42.2 Å². The lowest BCUT2D eigenvalue weighted by molar-refractivity contribution is -0.136. The summed E-state index contributed by atoms with van der Waals surface area (Å²) in [6.45, 7) is 1.90. The van der Waals surface area contributed by atoms with Gasteiger partial charge in [0.05, 0.1) is 12.1 Å². The molecule has 1 N–H and O–H groups in total. The van der Waals surface area contributed by atoms with Gasteiger partial charge in [0.25, 0.3) is 0 Å². The van der Waals surface area contributed by atoms with Crippen LogP contribution in [0, 0.1) is 6.92 Å². The second-order valence-corrected chi connectivity index (χ2v) is 8.29. The Kier molecular flexibility index (Phi) is 6.22. The Balaban J connectivity index is 1.34. The van der Waals surface area contributed by atoms with Gasteiger partial charge in [0.1, 0.15) is 0 Å². The minimum atomic E-state index is -0.789. The molecule has 2 aromatic heterocycles. The molecule has 0 bridgehead atoms. The average molecular weight is 466 g/mol. The molecule has 174 valence electrons. The monoisotopic (exact) mass is 465 g/mol. The topological polar surface area (TPSA) is 102 Å². The fourth-order valence-corrected chi connectivity index (χ4v) is 3.93. The SMILES string of the molecule is Cc1noc(-c2ccc(-c3ccc(CCC(=O)O)cc3)cc2)c1Cc1nnc(-c2ccccc2)o1. The summed E-state index contributed by atoms with van der Waals surface area (Å²) in [6, 6.07) is 25.7. The molecule has 7 nitrogen and oxygen atoms in total. The molecule has 2 heterocycles. The smallest absolute Gasteiger partial charge is 0.303 e. The van der Waals surface area contributed by atoms with Gasteiger partial charge < -0.3 is 14.0 Å². The van der Waals surface area contributed by atoms with Crippen LogP contribution in [0.25, 0.3) is 33.9 Å². The normalized spacial score (nSPS) is 11.0. The van der Waals surface area contributed by atoms with E-state index >= 15 is 0 Å². The molecule has 0 spiro atoms. The fraction of sp³-hybridized carbons (Fsp3) is 0.143. The first kappa shape index (κ1) is 22.3. The van der Waals surface area contributed by atoms with Crippen molar-refractivity contribution in [1.29, 1.82) is 0 Å². The van der Waals surface area contributed by atoms with Crippen LogP contribution in [0.4, 0.5) is 0 Å². The molecule has 0 saturated heterocycles. The molecule has 0 aliphatic rings.